The summed E-state index contributed by atoms with van der Waals surface area (Å²) in [6, 6.07) is 25.8. The second kappa shape index (κ2) is 17.3. The topological polar surface area (TPSA) is 26.3 Å². The van der Waals surface area contributed by atoms with E-state index in [4.69, 9.17) is 72.3 Å². The van der Waals surface area contributed by atoms with Crippen LogP contribution >= 0.6 is 63.4 Å². The SMILES string of the molecule is CCc1ccc2c(c1-c1cc(Cl)c([Si](C)(C)C)c(Cl)c1)C=C(c1ccc(C)o1)[CH]2[Zr]([Cl])([Cl])([CH]1C(c2ccc(C)o2)=Cc2c1ccc(CC)c2-c1cc(Cl)c([Si](C)(C)C)c(Cl)c1)=[Si](C)C. The fourth-order valence-electron chi connectivity index (χ4n) is 10.6. The Morgan fingerprint density at radius 3 is 1.16 bits per heavy atom. The van der Waals surface area contributed by atoms with E-state index >= 15 is 0 Å². The summed E-state index contributed by atoms with van der Waals surface area (Å²) in [6.45, 7) is 26.7. The molecule has 4 aromatic carbocycles. The average Bonchev–Trinajstić information content (AvgIpc) is 4.00. The number of benzene rings is 4. The van der Waals surface area contributed by atoms with Gasteiger partial charge in [-0.1, -0.05) is 0 Å². The van der Waals surface area contributed by atoms with Crippen LogP contribution in [0.15, 0.2) is 81.6 Å². The third kappa shape index (κ3) is 8.02. The molecule has 12 heteroatoms. The molecule has 0 N–H and O–H groups in total. The standard InChI is InChI=1S/2C25H25Cl2OSi.C2H6Si.2ClH.Zr/c2*1-6-16-8-9-17-11-18(23-10-7-15(2)28-23)12-20(17)24(16)19-13-21(26)25(22(27)14-19)29(3,4)5;1-3-2;;;/h2*7-14H,6H2,1-5H3;1-2H3;2*1H;/q;;;;;+2/p-2. The third-order valence-electron chi connectivity index (χ3n) is 13.6. The van der Waals surface area contributed by atoms with Gasteiger partial charge in [0.15, 0.2) is 0 Å². The summed E-state index contributed by atoms with van der Waals surface area (Å²) >= 11 is 23.2. The number of halogens is 6. The normalized spacial score (nSPS) is 16.5. The molecule has 0 fully saturated rings. The zero-order chi connectivity index (χ0) is 46.6. The Hall–Kier alpha value is -1.81. The Labute approximate surface area is 410 Å². The van der Waals surface area contributed by atoms with Crippen LogP contribution in [0, 0.1) is 13.8 Å². The van der Waals surface area contributed by atoms with Crippen molar-refractivity contribution in [1.82, 2.24) is 0 Å². The van der Waals surface area contributed by atoms with Crippen molar-refractivity contribution in [3.63, 3.8) is 0 Å². The maximum atomic E-state index is 9.07. The second-order valence-corrected chi connectivity index (χ2v) is 70.5. The van der Waals surface area contributed by atoms with E-state index in [0.717, 1.165) is 102 Å². The van der Waals surface area contributed by atoms with Gasteiger partial charge in [0.25, 0.3) is 0 Å². The first-order valence-corrected chi connectivity index (χ1v) is 46.0. The van der Waals surface area contributed by atoms with Crippen LogP contribution in [-0.4, -0.2) is 21.6 Å². The van der Waals surface area contributed by atoms with Gasteiger partial charge in [-0.15, -0.1) is 0 Å². The van der Waals surface area contributed by atoms with Crippen LogP contribution in [0.5, 0.6) is 0 Å². The number of aryl methyl sites for hydroxylation is 4. The minimum atomic E-state index is -5.58. The molecule has 64 heavy (non-hydrogen) atoms. The number of hydrogen-bond donors (Lipinski definition) is 0. The van der Waals surface area contributed by atoms with Gasteiger partial charge in [-0.2, -0.15) is 0 Å². The molecular weight excluding hydrogens is 1040 g/mol. The molecule has 2 unspecified atom stereocenters. The maximum absolute atomic E-state index is 9.07. The monoisotopic (exact) mass is 1100 g/mol. The van der Waals surface area contributed by atoms with Gasteiger partial charge in [0.2, 0.25) is 0 Å². The molecule has 2 atom stereocenters. The van der Waals surface area contributed by atoms with Crippen molar-refractivity contribution in [1.29, 1.82) is 0 Å². The zero-order valence-electron chi connectivity index (χ0n) is 38.7. The van der Waals surface area contributed by atoms with Crippen LogP contribution in [0.25, 0.3) is 45.6 Å². The molecule has 0 saturated heterocycles. The molecule has 0 amide bonds. The van der Waals surface area contributed by atoms with Gasteiger partial charge in [-0.25, -0.2) is 0 Å². The van der Waals surface area contributed by atoms with Crippen LogP contribution in [0.3, 0.4) is 0 Å². The summed E-state index contributed by atoms with van der Waals surface area (Å²) < 4.78 is 12.6. The first kappa shape index (κ1) is 48.6. The van der Waals surface area contributed by atoms with E-state index in [2.05, 4.69) is 139 Å². The summed E-state index contributed by atoms with van der Waals surface area (Å²) in [6.07, 6.45) is 6.25. The summed E-state index contributed by atoms with van der Waals surface area (Å²) in [4.78, 5) is 0. The molecule has 2 aliphatic carbocycles. The van der Waals surface area contributed by atoms with Crippen molar-refractivity contribution in [2.45, 2.75) is 100 Å². The summed E-state index contributed by atoms with van der Waals surface area (Å²) in [5.74, 6) is 3.21. The van der Waals surface area contributed by atoms with Gasteiger partial charge < -0.3 is 0 Å². The van der Waals surface area contributed by atoms with Crippen molar-refractivity contribution in [2.24, 2.45) is 0 Å². The van der Waals surface area contributed by atoms with Gasteiger partial charge in [0.05, 0.1) is 0 Å². The number of fused-ring (bicyclic) bond motifs is 2. The van der Waals surface area contributed by atoms with E-state index in [1.165, 1.54) is 11.1 Å². The number of hydrogen-bond acceptors (Lipinski definition) is 2. The Bertz CT molecular complexity index is 2820. The van der Waals surface area contributed by atoms with E-state index < -0.39 is 36.6 Å². The van der Waals surface area contributed by atoms with Gasteiger partial charge in [-0.3, -0.25) is 0 Å². The van der Waals surface area contributed by atoms with Crippen molar-refractivity contribution >= 4 is 119 Å². The molecule has 6 aromatic rings. The number of rotatable bonds is 10. The van der Waals surface area contributed by atoms with Crippen LogP contribution in [0.2, 0.25) is 72.5 Å². The first-order valence-electron chi connectivity index (χ1n) is 22.2. The predicted octanol–water partition coefficient (Wildman–Crippen LogP) is 17.8. The molecule has 0 radical (unpaired) electrons. The molecular formula is C52H56Cl6O2Si3Zr. The fourth-order valence-corrected chi connectivity index (χ4v) is 45.8. The molecule has 2 nitrogen and oxygen atoms in total. The van der Waals surface area contributed by atoms with E-state index in [1.807, 2.05) is 26.0 Å². The Balaban J connectivity index is 1.46. The van der Waals surface area contributed by atoms with Crippen molar-refractivity contribution < 1.29 is 23.8 Å². The van der Waals surface area contributed by atoms with E-state index in [-0.39, 0.29) is 7.25 Å². The quantitative estimate of drug-likeness (QED) is 0.128. The molecule has 0 bridgehead atoms. The molecule has 0 saturated carbocycles. The Morgan fingerprint density at radius 2 is 0.891 bits per heavy atom. The average molecular weight is 1100 g/mol. The third-order valence-corrected chi connectivity index (χ3v) is 65.7. The Morgan fingerprint density at radius 1 is 0.547 bits per heavy atom. The number of furan rings is 2. The first-order chi connectivity index (χ1) is 29.9. The van der Waals surface area contributed by atoms with Crippen molar-refractivity contribution in [3.8, 4) is 22.3 Å². The van der Waals surface area contributed by atoms with Gasteiger partial charge in [-0.05, 0) is 0 Å². The zero-order valence-corrected chi connectivity index (χ0v) is 48.7. The van der Waals surface area contributed by atoms with Gasteiger partial charge in [0, 0.05) is 0 Å². The molecule has 0 aliphatic heterocycles. The van der Waals surface area contributed by atoms with E-state index in [9.17, 15) is 0 Å². The van der Waals surface area contributed by atoms with Crippen LogP contribution in [-0.2, 0) is 27.9 Å². The predicted molar refractivity (Wildman–Crippen MR) is 286 cm³/mol. The van der Waals surface area contributed by atoms with Gasteiger partial charge in [0.1, 0.15) is 0 Å². The fraction of sp³-hybridized carbons (Fsp3) is 0.308. The molecule has 2 aliphatic rings. The summed E-state index contributed by atoms with van der Waals surface area (Å²) in [5.41, 5.74) is 11.5. The van der Waals surface area contributed by atoms with Crippen molar-refractivity contribution in [3.05, 3.63) is 149 Å². The summed E-state index contributed by atoms with van der Waals surface area (Å²) in [5, 5.41) is 4.97. The molecule has 0 spiro atoms. The summed E-state index contributed by atoms with van der Waals surface area (Å²) in [7, 11) is 14.4. The van der Waals surface area contributed by atoms with Crippen LogP contribution < -0.4 is 10.4 Å². The van der Waals surface area contributed by atoms with E-state index in [0.29, 0.717) is 20.1 Å². The molecule has 334 valence electrons. The van der Waals surface area contributed by atoms with Crippen LogP contribution in [0.4, 0.5) is 0 Å². The van der Waals surface area contributed by atoms with E-state index in [1.54, 1.807) is 0 Å². The number of allylic oxidation sites excluding steroid dienone is 2. The molecule has 2 heterocycles. The Kier molecular flexibility index (Phi) is 13.2. The molecule has 2 aromatic heterocycles. The second-order valence-electron chi connectivity index (χ2n) is 20.1. The van der Waals surface area contributed by atoms with Crippen LogP contribution in [0.1, 0.15) is 77.5 Å². The van der Waals surface area contributed by atoms with Gasteiger partial charge >= 0.3 is 414 Å². The van der Waals surface area contributed by atoms with Crippen molar-refractivity contribution in [2.75, 3.05) is 0 Å². The molecule has 8 rings (SSSR count). The minimum absolute atomic E-state index is 0.337.